The van der Waals surface area contributed by atoms with Gasteiger partial charge in [-0.25, -0.2) is 13.6 Å². The SMILES string of the molecule is O=c1[nH]c2c(c(=O)n1C1CCOCC1)C[C@H](F)[C@H](c1cc(CO)ccc1F)N2. The van der Waals surface area contributed by atoms with E-state index >= 15 is 0 Å². The number of H-pyrrole nitrogens is 1. The van der Waals surface area contributed by atoms with Crippen LogP contribution in [0.2, 0.25) is 0 Å². The molecule has 2 aliphatic heterocycles. The van der Waals surface area contributed by atoms with E-state index in [-0.39, 0.29) is 36.0 Å². The molecule has 9 heteroatoms. The van der Waals surface area contributed by atoms with Gasteiger partial charge in [-0.15, -0.1) is 0 Å². The van der Waals surface area contributed by atoms with Crippen LogP contribution < -0.4 is 16.6 Å². The molecule has 7 nitrogen and oxygen atoms in total. The highest BCUT2D eigenvalue weighted by atomic mass is 19.1. The third-order valence-electron chi connectivity index (χ3n) is 5.42. The van der Waals surface area contributed by atoms with Crippen LogP contribution in [0.1, 0.15) is 41.6 Å². The minimum Gasteiger partial charge on any atom is -0.392 e. The molecule has 0 bridgehead atoms. The first-order valence-corrected chi connectivity index (χ1v) is 9.25. The number of halogens is 2. The monoisotopic (exact) mass is 393 g/mol. The lowest BCUT2D eigenvalue weighted by atomic mass is 9.92. The molecule has 1 saturated heterocycles. The Hall–Kier alpha value is -2.52. The lowest BCUT2D eigenvalue weighted by Gasteiger charge is -2.31. The number of hydrogen-bond acceptors (Lipinski definition) is 5. The van der Waals surface area contributed by atoms with Crippen LogP contribution in [0.15, 0.2) is 27.8 Å². The van der Waals surface area contributed by atoms with Gasteiger partial charge in [0.25, 0.3) is 5.56 Å². The molecule has 150 valence electrons. The van der Waals surface area contributed by atoms with Gasteiger partial charge in [-0.2, -0.15) is 0 Å². The van der Waals surface area contributed by atoms with Crippen LogP contribution >= 0.6 is 0 Å². The van der Waals surface area contributed by atoms with Crippen molar-refractivity contribution in [1.82, 2.24) is 9.55 Å². The first-order chi connectivity index (χ1) is 13.5. The summed E-state index contributed by atoms with van der Waals surface area (Å²) in [5.74, 6) is -0.510. The van der Waals surface area contributed by atoms with Gasteiger partial charge >= 0.3 is 5.69 Å². The molecule has 4 rings (SSSR count). The molecule has 0 radical (unpaired) electrons. The molecule has 2 aromatic rings. The van der Waals surface area contributed by atoms with Gasteiger partial charge in [-0.1, -0.05) is 6.07 Å². The predicted octanol–water partition coefficient (Wildman–Crippen LogP) is 1.57. The molecule has 3 heterocycles. The van der Waals surface area contributed by atoms with Crippen LogP contribution in [0.25, 0.3) is 0 Å². The number of aliphatic hydroxyl groups is 1. The van der Waals surface area contributed by atoms with E-state index in [0.717, 1.165) is 10.6 Å². The Bertz CT molecular complexity index is 998. The summed E-state index contributed by atoms with van der Waals surface area (Å²) in [6.45, 7) is 0.612. The maximum atomic E-state index is 14.9. The number of rotatable bonds is 3. The van der Waals surface area contributed by atoms with Crippen molar-refractivity contribution in [3.05, 3.63) is 61.5 Å². The van der Waals surface area contributed by atoms with E-state index in [2.05, 4.69) is 10.3 Å². The number of anilines is 1. The van der Waals surface area contributed by atoms with Gasteiger partial charge in [0.15, 0.2) is 0 Å². The fourth-order valence-electron chi connectivity index (χ4n) is 3.94. The van der Waals surface area contributed by atoms with Crippen LogP contribution in [0, 0.1) is 5.82 Å². The highest BCUT2D eigenvalue weighted by Gasteiger charge is 2.35. The summed E-state index contributed by atoms with van der Waals surface area (Å²) in [5, 5.41) is 12.0. The first-order valence-electron chi connectivity index (χ1n) is 9.25. The number of aliphatic hydroxyl groups excluding tert-OH is 1. The number of aromatic amines is 1. The van der Waals surface area contributed by atoms with Crippen LogP contribution in [0.3, 0.4) is 0 Å². The Morgan fingerprint density at radius 1 is 1.25 bits per heavy atom. The maximum Gasteiger partial charge on any atom is 0.330 e. The Labute approximate surface area is 159 Å². The van der Waals surface area contributed by atoms with Crippen molar-refractivity contribution in [2.75, 3.05) is 18.5 Å². The Morgan fingerprint density at radius 3 is 2.71 bits per heavy atom. The van der Waals surface area contributed by atoms with E-state index in [4.69, 9.17) is 4.74 Å². The molecular weight excluding hydrogens is 372 g/mol. The van der Waals surface area contributed by atoms with Crippen molar-refractivity contribution >= 4 is 5.82 Å². The Morgan fingerprint density at radius 2 is 2.00 bits per heavy atom. The van der Waals surface area contributed by atoms with Crippen LogP contribution in [0.4, 0.5) is 14.6 Å². The zero-order chi connectivity index (χ0) is 19.8. The highest BCUT2D eigenvalue weighted by molar-refractivity contribution is 5.49. The van der Waals surface area contributed by atoms with Crippen molar-refractivity contribution < 1.29 is 18.6 Å². The van der Waals surface area contributed by atoms with Crippen LogP contribution in [-0.4, -0.2) is 34.0 Å². The predicted molar refractivity (Wildman–Crippen MR) is 97.7 cm³/mol. The maximum absolute atomic E-state index is 14.9. The Balaban J connectivity index is 1.73. The average Bonchev–Trinajstić information content (AvgIpc) is 2.70. The minimum absolute atomic E-state index is 0.0409. The normalized spacial score (nSPS) is 22.5. The van der Waals surface area contributed by atoms with Gasteiger partial charge in [-0.05, 0) is 30.5 Å². The van der Waals surface area contributed by atoms with Gasteiger partial charge in [-0.3, -0.25) is 14.3 Å². The summed E-state index contributed by atoms with van der Waals surface area (Å²) in [5.41, 5.74) is -0.472. The average molecular weight is 393 g/mol. The van der Waals surface area contributed by atoms with Crippen molar-refractivity contribution in [3.8, 4) is 0 Å². The largest absolute Gasteiger partial charge is 0.392 e. The van der Waals surface area contributed by atoms with Crippen molar-refractivity contribution in [2.45, 2.75) is 44.1 Å². The fraction of sp³-hybridized carbons (Fsp3) is 0.474. The molecule has 3 N–H and O–H groups in total. The summed E-state index contributed by atoms with van der Waals surface area (Å²) in [4.78, 5) is 28.0. The molecular formula is C19H21F2N3O4. The van der Waals surface area contributed by atoms with E-state index in [1.807, 2.05) is 0 Å². The Kier molecular flexibility index (Phi) is 5.03. The molecule has 1 fully saturated rings. The van der Waals surface area contributed by atoms with E-state index in [1.54, 1.807) is 0 Å². The summed E-state index contributed by atoms with van der Waals surface area (Å²) in [6, 6.07) is 2.60. The highest BCUT2D eigenvalue weighted by Crippen LogP contribution is 2.33. The lowest BCUT2D eigenvalue weighted by Crippen LogP contribution is -2.45. The molecule has 28 heavy (non-hydrogen) atoms. The zero-order valence-electron chi connectivity index (χ0n) is 15.1. The number of benzene rings is 1. The molecule has 0 aliphatic carbocycles. The number of nitrogens with one attached hydrogen (secondary N) is 2. The molecule has 0 spiro atoms. The van der Waals surface area contributed by atoms with Crippen molar-refractivity contribution in [3.63, 3.8) is 0 Å². The van der Waals surface area contributed by atoms with Crippen LogP contribution in [0.5, 0.6) is 0 Å². The lowest BCUT2D eigenvalue weighted by molar-refractivity contribution is 0.0673. The quantitative estimate of drug-likeness (QED) is 0.736. The second-order valence-corrected chi connectivity index (χ2v) is 7.16. The molecule has 0 unspecified atom stereocenters. The second kappa shape index (κ2) is 7.48. The second-order valence-electron chi connectivity index (χ2n) is 7.16. The smallest absolute Gasteiger partial charge is 0.330 e. The van der Waals surface area contributed by atoms with Crippen molar-refractivity contribution in [1.29, 1.82) is 0 Å². The molecule has 0 saturated carbocycles. The molecule has 2 aliphatic rings. The van der Waals surface area contributed by atoms with E-state index < -0.39 is 29.3 Å². The standard InChI is InChI=1S/C19H21F2N3O4/c20-14-2-1-10(9-25)7-12(14)16-15(21)8-13-17(22-16)23-19(27)24(18(13)26)11-3-5-28-6-4-11/h1-2,7,11,15-16,22,25H,3-6,8-9H2,(H,23,27)/t15-,16-/m0/s1. The molecule has 0 amide bonds. The van der Waals surface area contributed by atoms with Crippen molar-refractivity contribution in [2.24, 2.45) is 0 Å². The summed E-state index contributed by atoms with van der Waals surface area (Å²) >= 11 is 0. The number of fused-ring (bicyclic) bond motifs is 1. The number of hydrogen-bond donors (Lipinski definition) is 3. The van der Waals surface area contributed by atoms with Gasteiger partial charge in [0, 0.05) is 31.2 Å². The molecule has 1 aromatic carbocycles. The minimum atomic E-state index is -1.57. The topological polar surface area (TPSA) is 96.4 Å². The van der Waals surface area contributed by atoms with E-state index in [0.29, 0.717) is 31.6 Å². The summed E-state index contributed by atoms with van der Waals surface area (Å²) < 4.78 is 35.6. The number of aromatic nitrogens is 2. The van der Waals surface area contributed by atoms with Gasteiger partial charge in [0.05, 0.1) is 18.2 Å². The molecule has 1 aromatic heterocycles. The summed E-state index contributed by atoms with van der Waals surface area (Å²) in [6.07, 6.45) is -0.738. The summed E-state index contributed by atoms with van der Waals surface area (Å²) in [7, 11) is 0. The van der Waals surface area contributed by atoms with Gasteiger partial charge in [0.1, 0.15) is 17.8 Å². The van der Waals surface area contributed by atoms with Gasteiger partial charge in [0.2, 0.25) is 0 Å². The van der Waals surface area contributed by atoms with Crippen LogP contribution in [-0.2, 0) is 17.8 Å². The molecule has 2 atom stereocenters. The number of alkyl halides is 1. The number of ether oxygens (including phenoxy) is 1. The van der Waals surface area contributed by atoms with E-state index in [1.165, 1.54) is 12.1 Å². The number of nitrogens with zero attached hydrogens (tertiary/aromatic N) is 1. The third kappa shape index (κ3) is 3.24. The third-order valence-corrected chi connectivity index (χ3v) is 5.42. The fourth-order valence-corrected chi connectivity index (χ4v) is 3.94. The van der Waals surface area contributed by atoms with Gasteiger partial charge < -0.3 is 15.2 Å². The zero-order valence-corrected chi connectivity index (χ0v) is 15.1. The first kappa shape index (κ1) is 18.8. The van der Waals surface area contributed by atoms with E-state index in [9.17, 15) is 23.5 Å².